The smallest absolute Gasteiger partial charge is 0.169 e. The van der Waals surface area contributed by atoms with E-state index in [1.54, 1.807) is 0 Å². The van der Waals surface area contributed by atoms with Crippen LogP contribution in [0.2, 0.25) is 0 Å². The van der Waals surface area contributed by atoms with Crippen LogP contribution in [0, 0.1) is 0 Å². The molecule has 0 aliphatic carbocycles. The van der Waals surface area contributed by atoms with Crippen LogP contribution in [0.1, 0.15) is 24.3 Å². The Labute approximate surface area is 87.0 Å². The summed E-state index contributed by atoms with van der Waals surface area (Å²) in [5, 5.41) is 0. The molecule has 2 nitrogen and oxygen atoms in total. The van der Waals surface area contributed by atoms with Gasteiger partial charge in [-0.3, -0.25) is 0 Å². The molecule has 3 heteroatoms. The van der Waals surface area contributed by atoms with Gasteiger partial charge in [-0.15, -0.1) is 0 Å². The van der Waals surface area contributed by atoms with Crippen molar-refractivity contribution in [2.75, 3.05) is 20.1 Å². The molecule has 1 aliphatic rings. The Morgan fingerprint density at radius 2 is 2.15 bits per heavy atom. The van der Waals surface area contributed by atoms with E-state index >= 15 is 0 Å². The molecule has 0 bridgehead atoms. The van der Waals surface area contributed by atoms with E-state index in [0.717, 1.165) is 4.67 Å². The molecule has 0 unspecified atom stereocenters. The van der Waals surface area contributed by atoms with E-state index in [0.29, 0.717) is 5.92 Å². The largest absolute Gasteiger partial charge is 0.457 e. The maximum Gasteiger partial charge on any atom is 0.169 e. The summed E-state index contributed by atoms with van der Waals surface area (Å²) >= 11 is 3.33. The lowest BCUT2D eigenvalue weighted by Gasteiger charge is -2.28. The fourth-order valence-electron chi connectivity index (χ4n) is 1.88. The van der Waals surface area contributed by atoms with Gasteiger partial charge in [-0.2, -0.15) is 0 Å². The molecule has 2 heterocycles. The van der Waals surface area contributed by atoms with Crippen molar-refractivity contribution >= 4 is 15.9 Å². The SMILES string of the molecule is CN1CCC(c2coc(Br)c2)CC1. The fraction of sp³-hybridized carbons (Fsp3) is 0.600. The standard InChI is InChI=1S/C10H14BrNO/c1-12-4-2-8(3-5-12)9-6-10(11)13-7-9/h6-8H,2-5H2,1H3. The molecule has 72 valence electrons. The molecule has 1 saturated heterocycles. The Kier molecular flexibility index (Phi) is 2.74. The van der Waals surface area contributed by atoms with Crippen molar-refractivity contribution in [1.82, 2.24) is 4.90 Å². The first-order valence-electron chi connectivity index (χ1n) is 4.68. The first-order valence-corrected chi connectivity index (χ1v) is 5.47. The van der Waals surface area contributed by atoms with Gasteiger partial charge in [0.2, 0.25) is 0 Å². The van der Waals surface area contributed by atoms with E-state index in [1.807, 2.05) is 6.26 Å². The van der Waals surface area contributed by atoms with Gasteiger partial charge < -0.3 is 9.32 Å². The summed E-state index contributed by atoms with van der Waals surface area (Å²) in [6, 6.07) is 2.09. The van der Waals surface area contributed by atoms with Crippen molar-refractivity contribution in [3.8, 4) is 0 Å². The topological polar surface area (TPSA) is 16.4 Å². The minimum absolute atomic E-state index is 0.700. The molecule has 1 aromatic rings. The van der Waals surface area contributed by atoms with Gasteiger partial charge in [-0.05, 0) is 66.5 Å². The second-order valence-electron chi connectivity index (χ2n) is 3.76. The summed E-state index contributed by atoms with van der Waals surface area (Å²) in [6.07, 6.45) is 4.38. The first-order chi connectivity index (χ1) is 6.25. The zero-order chi connectivity index (χ0) is 9.26. The number of hydrogen-bond acceptors (Lipinski definition) is 2. The van der Waals surface area contributed by atoms with Gasteiger partial charge in [0.25, 0.3) is 0 Å². The monoisotopic (exact) mass is 243 g/mol. The third-order valence-corrected chi connectivity index (χ3v) is 3.19. The molecule has 2 rings (SSSR count). The van der Waals surface area contributed by atoms with Gasteiger partial charge >= 0.3 is 0 Å². The lowest BCUT2D eigenvalue weighted by atomic mass is 9.92. The second kappa shape index (κ2) is 3.84. The summed E-state index contributed by atoms with van der Waals surface area (Å²) in [6.45, 7) is 2.40. The molecule has 13 heavy (non-hydrogen) atoms. The van der Waals surface area contributed by atoms with Crippen LogP contribution in [-0.2, 0) is 0 Å². The first kappa shape index (κ1) is 9.28. The molecule has 0 radical (unpaired) electrons. The summed E-state index contributed by atoms with van der Waals surface area (Å²) < 4.78 is 6.10. The van der Waals surface area contributed by atoms with Gasteiger partial charge in [-0.1, -0.05) is 0 Å². The van der Waals surface area contributed by atoms with Crippen molar-refractivity contribution in [3.05, 3.63) is 22.6 Å². The number of nitrogens with zero attached hydrogens (tertiary/aromatic N) is 1. The van der Waals surface area contributed by atoms with Gasteiger partial charge in [0.15, 0.2) is 4.67 Å². The highest BCUT2D eigenvalue weighted by atomic mass is 79.9. The summed E-state index contributed by atoms with van der Waals surface area (Å²) in [5.74, 6) is 0.700. The number of likely N-dealkylation sites (tertiary alicyclic amines) is 1. The van der Waals surface area contributed by atoms with Crippen LogP contribution in [0.3, 0.4) is 0 Å². The molecule has 0 aromatic carbocycles. The molecule has 1 aromatic heterocycles. The van der Waals surface area contributed by atoms with Crippen molar-refractivity contribution in [1.29, 1.82) is 0 Å². The molecular formula is C10H14BrNO. The van der Waals surface area contributed by atoms with Crippen LogP contribution in [0.5, 0.6) is 0 Å². The Balaban J connectivity index is 2.02. The van der Waals surface area contributed by atoms with Crippen LogP contribution in [0.25, 0.3) is 0 Å². The molecule has 0 N–H and O–H groups in total. The molecule has 1 fully saturated rings. The number of rotatable bonds is 1. The quantitative estimate of drug-likeness (QED) is 0.755. The van der Waals surface area contributed by atoms with E-state index in [1.165, 1.54) is 31.5 Å². The summed E-state index contributed by atoms with van der Waals surface area (Å²) in [5.41, 5.74) is 1.35. The van der Waals surface area contributed by atoms with E-state index in [9.17, 15) is 0 Å². The van der Waals surface area contributed by atoms with Gasteiger partial charge in [0.05, 0.1) is 6.26 Å². The lowest BCUT2D eigenvalue weighted by Crippen LogP contribution is -2.29. The minimum atomic E-state index is 0.700. The van der Waals surface area contributed by atoms with Crippen LogP contribution < -0.4 is 0 Å². The second-order valence-corrected chi connectivity index (χ2v) is 4.54. The summed E-state index contributed by atoms with van der Waals surface area (Å²) in [7, 11) is 2.18. The number of piperidine rings is 1. The number of halogens is 1. The number of furan rings is 1. The van der Waals surface area contributed by atoms with Crippen molar-refractivity contribution in [2.24, 2.45) is 0 Å². The summed E-state index contributed by atoms with van der Waals surface area (Å²) in [4.78, 5) is 2.38. The average molecular weight is 244 g/mol. The van der Waals surface area contributed by atoms with Crippen LogP contribution in [-0.4, -0.2) is 25.0 Å². The fourth-order valence-corrected chi connectivity index (χ4v) is 2.24. The Hall–Kier alpha value is -0.280. The molecule has 0 atom stereocenters. The third-order valence-electron chi connectivity index (χ3n) is 2.78. The Bertz CT molecular complexity index is 276. The highest BCUT2D eigenvalue weighted by Gasteiger charge is 2.19. The normalized spacial score (nSPS) is 20.8. The zero-order valence-corrected chi connectivity index (χ0v) is 9.38. The maximum atomic E-state index is 5.25. The highest BCUT2D eigenvalue weighted by molar-refractivity contribution is 9.10. The molecule has 0 amide bonds. The van der Waals surface area contributed by atoms with E-state index < -0.39 is 0 Å². The van der Waals surface area contributed by atoms with Crippen molar-refractivity contribution in [2.45, 2.75) is 18.8 Å². The number of hydrogen-bond donors (Lipinski definition) is 0. The van der Waals surface area contributed by atoms with Crippen molar-refractivity contribution in [3.63, 3.8) is 0 Å². The lowest BCUT2D eigenvalue weighted by molar-refractivity contribution is 0.255. The minimum Gasteiger partial charge on any atom is -0.457 e. The predicted octanol–water partition coefficient (Wildman–Crippen LogP) is 2.85. The van der Waals surface area contributed by atoms with Crippen LogP contribution >= 0.6 is 15.9 Å². The maximum absolute atomic E-state index is 5.25. The zero-order valence-electron chi connectivity index (χ0n) is 7.79. The van der Waals surface area contributed by atoms with E-state index in [-0.39, 0.29) is 0 Å². The van der Waals surface area contributed by atoms with Gasteiger partial charge in [0, 0.05) is 0 Å². The van der Waals surface area contributed by atoms with Crippen molar-refractivity contribution < 1.29 is 4.42 Å². The van der Waals surface area contributed by atoms with Crippen LogP contribution in [0.15, 0.2) is 21.4 Å². The molecule has 1 aliphatic heterocycles. The molecule has 0 spiro atoms. The molecule has 0 saturated carbocycles. The third kappa shape index (κ3) is 2.15. The van der Waals surface area contributed by atoms with Crippen LogP contribution in [0.4, 0.5) is 0 Å². The van der Waals surface area contributed by atoms with Gasteiger partial charge in [0.1, 0.15) is 0 Å². The van der Waals surface area contributed by atoms with E-state index in [2.05, 4.69) is 33.9 Å². The Morgan fingerprint density at radius 1 is 1.46 bits per heavy atom. The Morgan fingerprint density at radius 3 is 2.69 bits per heavy atom. The average Bonchev–Trinajstić information content (AvgIpc) is 2.53. The van der Waals surface area contributed by atoms with E-state index in [4.69, 9.17) is 4.42 Å². The molecular weight excluding hydrogens is 230 g/mol. The highest BCUT2D eigenvalue weighted by Crippen LogP contribution is 2.30. The predicted molar refractivity (Wildman–Crippen MR) is 55.9 cm³/mol. The van der Waals surface area contributed by atoms with Gasteiger partial charge in [-0.25, -0.2) is 0 Å².